The molecule has 8 nitrogen and oxygen atoms in total. The summed E-state index contributed by atoms with van der Waals surface area (Å²) >= 11 is 3.26. The zero-order valence-electron chi connectivity index (χ0n) is 17.7. The van der Waals surface area contributed by atoms with E-state index in [0.29, 0.717) is 13.1 Å². The third-order valence-corrected chi connectivity index (χ3v) is 9.51. The smallest absolute Gasteiger partial charge is 0.243 e. The van der Waals surface area contributed by atoms with Gasteiger partial charge in [0.2, 0.25) is 26.0 Å². The average Bonchev–Trinajstić information content (AvgIpc) is 2.79. The second kappa shape index (κ2) is 10.4. The van der Waals surface area contributed by atoms with Crippen molar-refractivity contribution in [3.8, 4) is 0 Å². The number of benzene rings is 2. The Kier molecular flexibility index (Phi) is 8.10. The van der Waals surface area contributed by atoms with E-state index in [9.17, 15) is 21.6 Å². The molecule has 1 heterocycles. The van der Waals surface area contributed by atoms with E-state index in [0.717, 1.165) is 33.6 Å². The van der Waals surface area contributed by atoms with Gasteiger partial charge in [0.1, 0.15) is 0 Å². The molecule has 11 heteroatoms. The SMILES string of the molecule is CN(CC(=O)NCc1ccc(S(=O)(=O)N2CCCCC2)cc1)S(=O)(=O)c1ccc(Br)cc1. The highest BCUT2D eigenvalue weighted by molar-refractivity contribution is 9.10. The van der Waals surface area contributed by atoms with Crippen molar-refractivity contribution in [2.75, 3.05) is 26.7 Å². The predicted molar refractivity (Wildman–Crippen MR) is 125 cm³/mol. The molecule has 1 amide bonds. The Hall–Kier alpha value is -1.79. The fraction of sp³-hybridized carbons (Fsp3) is 0.381. The summed E-state index contributed by atoms with van der Waals surface area (Å²) in [4.78, 5) is 12.6. The summed E-state index contributed by atoms with van der Waals surface area (Å²) < 4.78 is 53.8. The molecular weight excluding hydrogens is 518 g/mol. The number of hydrogen-bond acceptors (Lipinski definition) is 5. The molecule has 2 aromatic carbocycles. The molecule has 1 N–H and O–H groups in total. The number of amides is 1. The lowest BCUT2D eigenvalue weighted by Gasteiger charge is -2.25. The summed E-state index contributed by atoms with van der Waals surface area (Å²) in [6.07, 6.45) is 2.79. The Morgan fingerprint density at radius 2 is 1.50 bits per heavy atom. The van der Waals surface area contributed by atoms with Crippen LogP contribution in [0.3, 0.4) is 0 Å². The summed E-state index contributed by atoms with van der Waals surface area (Å²) in [7, 11) is -5.94. The van der Waals surface area contributed by atoms with Crippen LogP contribution in [0.2, 0.25) is 0 Å². The molecular formula is C21H26BrN3O5S2. The number of nitrogens with one attached hydrogen (secondary N) is 1. The van der Waals surface area contributed by atoms with E-state index in [4.69, 9.17) is 0 Å². The first kappa shape index (κ1) is 24.8. The Morgan fingerprint density at radius 3 is 2.09 bits per heavy atom. The lowest BCUT2D eigenvalue weighted by atomic mass is 10.2. The van der Waals surface area contributed by atoms with Crippen LogP contribution in [-0.2, 0) is 31.4 Å². The first-order valence-electron chi connectivity index (χ1n) is 10.2. The third-order valence-electron chi connectivity index (χ3n) is 5.25. The molecule has 174 valence electrons. The maximum absolute atomic E-state index is 12.7. The number of carbonyl (C=O) groups excluding carboxylic acids is 1. The van der Waals surface area contributed by atoms with Crippen molar-refractivity contribution in [2.45, 2.75) is 35.6 Å². The van der Waals surface area contributed by atoms with Gasteiger partial charge in [-0.25, -0.2) is 16.8 Å². The van der Waals surface area contributed by atoms with Crippen LogP contribution in [0.25, 0.3) is 0 Å². The molecule has 2 aromatic rings. The lowest BCUT2D eigenvalue weighted by molar-refractivity contribution is -0.121. The van der Waals surface area contributed by atoms with Crippen molar-refractivity contribution >= 4 is 41.9 Å². The van der Waals surface area contributed by atoms with Crippen LogP contribution < -0.4 is 5.32 Å². The van der Waals surface area contributed by atoms with Crippen LogP contribution in [-0.4, -0.2) is 58.0 Å². The topological polar surface area (TPSA) is 104 Å². The van der Waals surface area contributed by atoms with Crippen molar-refractivity contribution < 1.29 is 21.6 Å². The Morgan fingerprint density at radius 1 is 0.938 bits per heavy atom. The Labute approximate surface area is 197 Å². The molecule has 3 rings (SSSR count). The molecule has 0 spiro atoms. The summed E-state index contributed by atoms with van der Waals surface area (Å²) in [5.74, 6) is -0.460. The highest BCUT2D eigenvalue weighted by Gasteiger charge is 2.26. The molecule has 0 aromatic heterocycles. The molecule has 0 unspecified atom stereocenters. The average molecular weight is 544 g/mol. The van der Waals surface area contributed by atoms with Gasteiger partial charge in [-0.3, -0.25) is 4.79 Å². The summed E-state index contributed by atoms with van der Waals surface area (Å²) in [5.41, 5.74) is 0.717. The van der Waals surface area contributed by atoms with Gasteiger partial charge in [0.25, 0.3) is 0 Å². The highest BCUT2D eigenvalue weighted by atomic mass is 79.9. The van der Waals surface area contributed by atoms with E-state index in [1.54, 1.807) is 24.3 Å². The number of halogens is 1. The van der Waals surface area contributed by atoms with Gasteiger partial charge < -0.3 is 5.32 Å². The van der Waals surface area contributed by atoms with Gasteiger partial charge in [-0.2, -0.15) is 8.61 Å². The van der Waals surface area contributed by atoms with Crippen molar-refractivity contribution in [2.24, 2.45) is 0 Å². The first-order chi connectivity index (χ1) is 15.1. The molecule has 0 bridgehead atoms. The second-order valence-electron chi connectivity index (χ2n) is 7.60. The van der Waals surface area contributed by atoms with Gasteiger partial charge in [0.05, 0.1) is 16.3 Å². The van der Waals surface area contributed by atoms with Crippen LogP contribution in [0, 0.1) is 0 Å². The molecule has 32 heavy (non-hydrogen) atoms. The number of sulfonamides is 2. The molecule has 1 saturated heterocycles. The highest BCUT2D eigenvalue weighted by Crippen LogP contribution is 2.21. The van der Waals surface area contributed by atoms with E-state index in [-0.39, 0.29) is 22.9 Å². The Bertz CT molecular complexity index is 1140. The van der Waals surface area contributed by atoms with Gasteiger partial charge >= 0.3 is 0 Å². The Balaban J connectivity index is 1.56. The largest absolute Gasteiger partial charge is 0.351 e. The van der Waals surface area contributed by atoms with Crippen LogP contribution in [0.4, 0.5) is 0 Å². The van der Waals surface area contributed by atoms with Crippen LogP contribution in [0.5, 0.6) is 0 Å². The molecule has 1 aliphatic rings. The van der Waals surface area contributed by atoms with Gasteiger partial charge in [-0.1, -0.05) is 34.5 Å². The first-order valence-corrected chi connectivity index (χ1v) is 13.9. The summed E-state index contributed by atoms with van der Waals surface area (Å²) in [5, 5.41) is 2.67. The monoisotopic (exact) mass is 543 g/mol. The molecule has 0 radical (unpaired) electrons. The third kappa shape index (κ3) is 5.96. The van der Waals surface area contributed by atoms with Crippen LogP contribution in [0.15, 0.2) is 62.8 Å². The normalized spacial score (nSPS) is 15.6. The fourth-order valence-corrected chi connectivity index (χ4v) is 6.27. The number of carbonyl (C=O) groups is 1. The van der Waals surface area contributed by atoms with Gasteiger partial charge in [-0.05, 0) is 54.8 Å². The van der Waals surface area contributed by atoms with Gasteiger partial charge in [-0.15, -0.1) is 0 Å². The zero-order valence-corrected chi connectivity index (χ0v) is 20.9. The lowest BCUT2D eigenvalue weighted by Crippen LogP contribution is -2.38. The molecule has 0 atom stereocenters. The number of likely N-dealkylation sites (N-methyl/N-ethyl adjacent to an activating group) is 1. The van der Waals surface area contributed by atoms with E-state index >= 15 is 0 Å². The molecule has 0 saturated carbocycles. The molecule has 0 aliphatic carbocycles. The predicted octanol–water partition coefficient (Wildman–Crippen LogP) is 2.56. The summed E-state index contributed by atoms with van der Waals surface area (Å²) in [6, 6.07) is 12.6. The molecule has 1 fully saturated rings. The maximum atomic E-state index is 12.7. The minimum Gasteiger partial charge on any atom is -0.351 e. The number of rotatable bonds is 8. The number of hydrogen-bond donors (Lipinski definition) is 1. The van der Waals surface area contributed by atoms with Crippen LogP contribution in [0.1, 0.15) is 24.8 Å². The van der Waals surface area contributed by atoms with E-state index in [2.05, 4.69) is 21.2 Å². The van der Waals surface area contributed by atoms with Crippen molar-refractivity contribution in [3.05, 3.63) is 58.6 Å². The summed E-state index contributed by atoms with van der Waals surface area (Å²) in [6.45, 7) is 0.905. The quantitative estimate of drug-likeness (QED) is 0.550. The fourth-order valence-electron chi connectivity index (χ4n) is 3.36. The minimum absolute atomic E-state index is 0.0986. The zero-order chi connectivity index (χ0) is 23.4. The minimum atomic E-state index is -3.79. The van der Waals surface area contributed by atoms with Gasteiger partial charge in [0.15, 0.2) is 0 Å². The van der Waals surface area contributed by atoms with E-state index in [1.165, 1.54) is 35.6 Å². The van der Waals surface area contributed by atoms with Crippen molar-refractivity contribution in [3.63, 3.8) is 0 Å². The molecule has 1 aliphatic heterocycles. The maximum Gasteiger partial charge on any atom is 0.243 e. The number of piperidine rings is 1. The van der Waals surface area contributed by atoms with Crippen molar-refractivity contribution in [1.29, 1.82) is 0 Å². The van der Waals surface area contributed by atoms with Gasteiger partial charge in [0, 0.05) is 31.2 Å². The number of nitrogens with zero attached hydrogens (tertiary/aromatic N) is 2. The van der Waals surface area contributed by atoms with Crippen molar-refractivity contribution in [1.82, 2.24) is 13.9 Å². The second-order valence-corrected chi connectivity index (χ2v) is 12.5. The van der Waals surface area contributed by atoms with Crippen LogP contribution >= 0.6 is 15.9 Å². The van der Waals surface area contributed by atoms with E-state index in [1.807, 2.05) is 0 Å². The standard InChI is InChI=1S/C21H26BrN3O5S2/c1-24(31(27,28)19-11-7-18(22)8-12-19)16-21(26)23-15-17-5-9-20(10-6-17)32(29,30)25-13-3-2-4-14-25/h5-12H,2-4,13-16H2,1H3,(H,23,26). The van der Waals surface area contributed by atoms with E-state index < -0.39 is 26.0 Å².